The zero-order valence-corrected chi connectivity index (χ0v) is 12.5. The molecular weight excluding hydrogens is 294 g/mol. The van der Waals surface area contributed by atoms with Crippen molar-refractivity contribution in [2.75, 3.05) is 7.05 Å². The van der Waals surface area contributed by atoms with E-state index in [4.69, 9.17) is 4.42 Å². The van der Waals surface area contributed by atoms with Crippen LogP contribution < -0.4 is 5.32 Å². The Balaban J connectivity index is 2.45. The maximum absolute atomic E-state index is 5.60. The standard InChI is InChI=1S/C13H18BrN3O/c1-4-6-17-12(10(14)8-16-17)11(15-3)13-9(2)5-7-18-13/h5,7-8,11,15H,4,6H2,1-3H3. The van der Waals surface area contributed by atoms with Crippen LogP contribution in [0.5, 0.6) is 0 Å². The van der Waals surface area contributed by atoms with Gasteiger partial charge in [-0.2, -0.15) is 5.10 Å². The maximum atomic E-state index is 5.60. The monoisotopic (exact) mass is 311 g/mol. The van der Waals surface area contributed by atoms with Crippen molar-refractivity contribution in [2.45, 2.75) is 32.9 Å². The molecule has 0 amide bonds. The van der Waals surface area contributed by atoms with Gasteiger partial charge in [-0.1, -0.05) is 6.92 Å². The fraction of sp³-hybridized carbons (Fsp3) is 0.462. The molecule has 2 heterocycles. The van der Waals surface area contributed by atoms with E-state index >= 15 is 0 Å². The van der Waals surface area contributed by atoms with Crippen LogP contribution in [0.15, 0.2) is 27.4 Å². The van der Waals surface area contributed by atoms with E-state index in [1.165, 1.54) is 0 Å². The van der Waals surface area contributed by atoms with Gasteiger partial charge in [0.15, 0.2) is 0 Å². The summed E-state index contributed by atoms with van der Waals surface area (Å²) in [5, 5.41) is 7.70. The lowest BCUT2D eigenvalue weighted by Crippen LogP contribution is -2.22. The molecule has 18 heavy (non-hydrogen) atoms. The molecule has 0 aliphatic rings. The van der Waals surface area contributed by atoms with Crippen LogP contribution in [0.25, 0.3) is 0 Å². The molecule has 1 N–H and O–H groups in total. The van der Waals surface area contributed by atoms with Gasteiger partial charge < -0.3 is 9.73 Å². The van der Waals surface area contributed by atoms with Crippen molar-refractivity contribution in [3.8, 4) is 0 Å². The molecule has 1 unspecified atom stereocenters. The van der Waals surface area contributed by atoms with E-state index in [9.17, 15) is 0 Å². The summed E-state index contributed by atoms with van der Waals surface area (Å²) in [6, 6.07) is 2.00. The maximum Gasteiger partial charge on any atom is 0.129 e. The quantitative estimate of drug-likeness (QED) is 0.921. The summed E-state index contributed by atoms with van der Waals surface area (Å²) in [7, 11) is 1.93. The van der Waals surface area contributed by atoms with Crippen LogP contribution in [0.1, 0.15) is 36.4 Å². The van der Waals surface area contributed by atoms with Gasteiger partial charge in [-0.25, -0.2) is 0 Å². The van der Waals surface area contributed by atoms with Crippen LogP contribution in [-0.2, 0) is 6.54 Å². The summed E-state index contributed by atoms with van der Waals surface area (Å²) < 4.78 is 8.63. The number of aryl methyl sites for hydroxylation is 2. The van der Waals surface area contributed by atoms with Gasteiger partial charge in [0.2, 0.25) is 0 Å². The minimum absolute atomic E-state index is 0.0171. The minimum Gasteiger partial charge on any atom is -0.467 e. The van der Waals surface area contributed by atoms with Crippen molar-refractivity contribution < 1.29 is 4.42 Å². The number of nitrogens with zero attached hydrogens (tertiary/aromatic N) is 2. The summed E-state index contributed by atoms with van der Waals surface area (Å²) in [6.45, 7) is 5.10. The van der Waals surface area contributed by atoms with Gasteiger partial charge in [0.25, 0.3) is 0 Å². The molecule has 2 aromatic heterocycles. The third-order valence-electron chi connectivity index (χ3n) is 2.99. The van der Waals surface area contributed by atoms with Crippen molar-refractivity contribution in [3.63, 3.8) is 0 Å². The Morgan fingerprint density at radius 1 is 1.56 bits per heavy atom. The largest absolute Gasteiger partial charge is 0.467 e. The molecule has 0 radical (unpaired) electrons. The van der Waals surface area contributed by atoms with E-state index in [-0.39, 0.29) is 6.04 Å². The van der Waals surface area contributed by atoms with Crippen LogP contribution in [0.2, 0.25) is 0 Å². The molecule has 0 fully saturated rings. The van der Waals surface area contributed by atoms with Crippen LogP contribution in [0.3, 0.4) is 0 Å². The Morgan fingerprint density at radius 3 is 2.89 bits per heavy atom. The first kappa shape index (κ1) is 13.4. The van der Waals surface area contributed by atoms with Crippen LogP contribution >= 0.6 is 15.9 Å². The molecule has 2 aromatic rings. The molecule has 1 atom stereocenters. The first-order valence-corrected chi connectivity index (χ1v) is 6.90. The molecule has 0 aliphatic carbocycles. The normalized spacial score (nSPS) is 12.9. The lowest BCUT2D eigenvalue weighted by atomic mass is 10.1. The molecule has 0 aromatic carbocycles. The van der Waals surface area contributed by atoms with Crippen molar-refractivity contribution in [1.82, 2.24) is 15.1 Å². The average Bonchev–Trinajstić information content (AvgIpc) is 2.91. The van der Waals surface area contributed by atoms with E-state index in [2.05, 4.69) is 40.2 Å². The minimum atomic E-state index is 0.0171. The molecule has 0 aliphatic heterocycles. The molecular formula is C13H18BrN3O. The van der Waals surface area contributed by atoms with Crippen molar-refractivity contribution in [2.24, 2.45) is 0 Å². The van der Waals surface area contributed by atoms with Gasteiger partial charge in [0.1, 0.15) is 11.8 Å². The van der Waals surface area contributed by atoms with Crippen molar-refractivity contribution >= 4 is 15.9 Å². The van der Waals surface area contributed by atoms with Crippen molar-refractivity contribution in [1.29, 1.82) is 0 Å². The second kappa shape index (κ2) is 5.71. The Bertz CT molecular complexity index is 518. The van der Waals surface area contributed by atoms with Crippen LogP contribution in [-0.4, -0.2) is 16.8 Å². The zero-order valence-electron chi connectivity index (χ0n) is 10.9. The molecule has 0 saturated carbocycles. The second-order valence-corrected chi connectivity index (χ2v) is 5.14. The van der Waals surface area contributed by atoms with Crippen LogP contribution in [0.4, 0.5) is 0 Å². The van der Waals surface area contributed by atoms with Gasteiger partial charge in [-0.3, -0.25) is 4.68 Å². The smallest absolute Gasteiger partial charge is 0.129 e. The third kappa shape index (κ3) is 2.37. The summed E-state index contributed by atoms with van der Waals surface area (Å²) >= 11 is 3.57. The average molecular weight is 312 g/mol. The summed E-state index contributed by atoms with van der Waals surface area (Å²) in [6.07, 6.45) is 4.62. The third-order valence-corrected chi connectivity index (χ3v) is 3.61. The van der Waals surface area contributed by atoms with Gasteiger partial charge in [-0.15, -0.1) is 0 Å². The highest BCUT2D eigenvalue weighted by Crippen LogP contribution is 2.30. The van der Waals surface area contributed by atoms with E-state index in [0.717, 1.165) is 34.5 Å². The van der Waals surface area contributed by atoms with E-state index in [1.54, 1.807) is 6.26 Å². The summed E-state index contributed by atoms with van der Waals surface area (Å²) in [5.41, 5.74) is 2.25. The Labute approximate surface area is 115 Å². The molecule has 0 spiro atoms. The highest BCUT2D eigenvalue weighted by molar-refractivity contribution is 9.10. The predicted octanol–water partition coefficient (Wildman–Crippen LogP) is 3.27. The number of halogens is 1. The first-order chi connectivity index (χ1) is 8.69. The van der Waals surface area contributed by atoms with Gasteiger partial charge in [0, 0.05) is 6.54 Å². The first-order valence-electron chi connectivity index (χ1n) is 6.11. The number of hydrogen-bond donors (Lipinski definition) is 1. The number of hydrogen-bond acceptors (Lipinski definition) is 3. The van der Waals surface area contributed by atoms with E-state index in [1.807, 2.05) is 24.0 Å². The molecule has 4 nitrogen and oxygen atoms in total. The summed E-state index contributed by atoms with van der Waals surface area (Å²) in [5.74, 6) is 0.941. The molecule has 0 bridgehead atoms. The van der Waals surface area contributed by atoms with E-state index < -0.39 is 0 Å². The number of aromatic nitrogens is 2. The second-order valence-electron chi connectivity index (χ2n) is 4.29. The fourth-order valence-electron chi connectivity index (χ4n) is 2.12. The Hall–Kier alpha value is -1.07. The molecule has 98 valence electrons. The lowest BCUT2D eigenvalue weighted by molar-refractivity contribution is 0.436. The topological polar surface area (TPSA) is 43.0 Å². The van der Waals surface area contributed by atoms with Crippen molar-refractivity contribution in [3.05, 3.63) is 40.0 Å². The highest BCUT2D eigenvalue weighted by atomic mass is 79.9. The number of nitrogens with one attached hydrogen (secondary N) is 1. The number of rotatable bonds is 5. The lowest BCUT2D eigenvalue weighted by Gasteiger charge is -2.17. The predicted molar refractivity (Wildman–Crippen MR) is 74.6 cm³/mol. The van der Waals surface area contributed by atoms with Crippen LogP contribution in [0, 0.1) is 6.92 Å². The summed E-state index contributed by atoms with van der Waals surface area (Å²) in [4.78, 5) is 0. The fourth-order valence-corrected chi connectivity index (χ4v) is 2.65. The highest BCUT2D eigenvalue weighted by Gasteiger charge is 2.24. The Morgan fingerprint density at radius 2 is 2.33 bits per heavy atom. The number of furan rings is 1. The molecule has 5 heteroatoms. The van der Waals surface area contributed by atoms with E-state index in [0.29, 0.717) is 0 Å². The van der Waals surface area contributed by atoms with Gasteiger partial charge in [0.05, 0.1) is 22.6 Å². The molecule has 2 rings (SSSR count). The Kier molecular flexibility index (Phi) is 4.24. The van der Waals surface area contributed by atoms with Gasteiger partial charge >= 0.3 is 0 Å². The molecule has 0 saturated heterocycles. The zero-order chi connectivity index (χ0) is 13.1. The van der Waals surface area contributed by atoms with Gasteiger partial charge in [-0.05, 0) is 48.0 Å². The SMILES string of the molecule is CCCn1ncc(Br)c1C(NC)c1occc1C.